The van der Waals surface area contributed by atoms with Crippen LogP contribution in [0.4, 0.5) is 5.69 Å². The zero-order valence-electron chi connectivity index (χ0n) is 16.6. The van der Waals surface area contributed by atoms with Crippen molar-refractivity contribution in [3.8, 4) is 0 Å². The van der Waals surface area contributed by atoms with E-state index in [1.807, 2.05) is 20.8 Å². The highest BCUT2D eigenvalue weighted by Gasteiger charge is 2.44. The molecule has 152 valence electrons. The van der Waals surface area contributed by atoms with Crippen LogP contribution in [0.2, 0.25) is 0 Å². The van der Waals surface area contributed by atoms with E-state index in [9.17, 15) is 20.0 Å². The van der Waals surface area contributed by atoms with Crippen molar-refractivity contribution in [1.29, 1.82) is 0 Å². The molecule has 0 saturated heterocycles. The van der Waals surface area contributed by atoms with Gasteiger partial charge < -0.3 is 14.7 Å². The van der Waals surface area contributed by atoms with Crippen LogP contribution < -0.4 is 0 Å². The van der Waals surface area contributed by atoms with Crippen LogP contribution in [0.15, 0.2) is 40.8 Å². The third-order valence-corrected chi connectivity index (χ3v) is 5.14. The molecule has 8 nitrogen and oxygen atoms in total. The van der Waals surface area contributed by atoms with E-state index in [2.05, 4.69) is 5.16 Å². The molecular weight excluding hydrogens is 364 g/mol. The number of oxime groups is 1. The van der Waals surface area contributed by atoms with Gasteiger partial charge in [0.1, 0.15) is 23.5 Å². The molecule has 0 aromatic heterocycles. The quantitative estimate of drug-likeness (QED) is 0.304. The minimum absolute atomic E-state index is 0.00749. The minimum Gasteiger partial charge on any atom is -0.511 e. The summed E-state index contributed by atoms with van der Waals surface area (Å²) in [4.78, 5) is 28.1. The monoisotopic (exact) mass is 390 g/mol. The Hall–Kier alpha value is -2.90. The molecule has 1 aromatic carbocycles. The average molecular weight is 390 g/mol. The summed E-state index contributed by atoms with van der Waals surface area (Å²) in [5.41, 5.74) is 0.316. The third kappa shape index (κ3) is 4.49. The largest absolute Gasteiger partial charge is 0.511 e. The van der Waals surface area contributed by atoms with Crippen molar-refractivity contribution in [3.63, 3.8) is 0 Å². The second-order valence-corrected chi connectivity index (χ2v) is 7.02. The Morgan fingerprint density at radius 3 is 2.54 bits per heavy atom. The first-order valence-corrected chi connectivity index (χ1v) is 9.32. The molecule has 2 unspecified atom stereocenters. The zero-order chi connectivity index (χ0) is 20.9. The highest BCUT2D eigenvalue weighted by molar-refractivity contribution is 6.20. The summed E-state index contributed by atoms with van der Waals surface area (Å²) in [6.07, 6.45) is 1.71. The molecule has 0 radical (unpaired) electrons. The predicted octanol–water partition coefficient (Wildman–Crippen LogP) is 4.44. The first kappa shape index (κ1) is 21.4. The molecule has 0 fully saturated rings. The summed E-state index contributed by atoms with van der Waals surface area (Å²) >= 11 is 0. The van der Waals surface area contributed by atoms with Crippen LogP contribution in [-0.4, -0.2) is 27.3 Å². The lowest BCUT2D eigenvalue weighted by molar-refractivity contribution is -0.384. The summed E-state index contributed by atoms with van der Waals surface area (Å²) in [5.74, 6) is -1.00. The number of carbonyl (C=O) groups excluding carboxylic acids is 1. The molecular formula is C20H26N2O6. The highest BCUT2D eigenvalue weighted by Crippen LogP contribution is 2.37. The van der Waals surface area contributed by atoms with Crippen molar-refractivity contribution in [2.45, 2.75) is 59.2 Å². The first-order chi connectivity index (χ1) is 13.2. The van der Waals surface area contributed by atoms with Gasteiger partial charge in [0.2, 0.25) is 0 Å². The number of hydrogen-bond acceptors (Lipinski definition) is 7. The Bertz CT molecular complexity index is 799. The molecule has 0 aliphatic carbocycles. The van der Waals surface area contributed by atoms with Crippen LogP contribution in [-0.2, 0) is 21.0 Å². The van der Waals surface area contributed by atoms with Gasteiger partial charge in [-0.3, -0.25) is 10.1 Å². The van der Waals surface area contributed by atoms with Gasteiger partial charge in [-0.25, -0.2) is 4.79 Å². The van der Waals surface area contributed by atoms with E-state index in [-0.39, 0.29) is 29.5 Å². The number of nitro benzene ring substituents is 1. The number of cyclic esters (lactones) is 1. The number of benzene rings is 1. The van der Waals surface area contributed by atoms with Crippen molar-refractivity contribution in [2.75, 3.05) is 0 Å². The fourth-order valence-corrected chi connectivity index (χ4v) is 2.96. The van der Waals surface area contributed by atoms with Crippen LogP contribution in [0, 0.1) is 16.0 Å². The normalized spacial score (nSPS) is 22.8. The number of carbonyl (C=O) groups is 1. The van der Waals surface area contributed by atoms with Gasteiger partial charge in [0.05, 0.1) is 16.6 Å². The highest BCUT2D eigenvalue weighted by atomic mass is 16.6. The van der Waals surface area contributed by atoms with E-state index in [4.69, 9.17) is 9.57 Å². The second kappa shape index (κ2) is 8.86. The van der Waals surface area contributed by atoms with E-state index >= 15 is 0 Å². The van der Waals surface area contributed by atoms with E-state index in [0.29, 0.717) is 30.5 Å². The molecule has 0 amide bonds. The SMILES string of the molecule is CCCC(=NOCc1ccc([N+](=O)[O-])cc1)C1=C(O)C(C)C(C)(CC)OC1=O. The Balaban J connectivity index is 2.21. The third-order valence-electron chi connectivity index (χ3n) is 5.14. The maximum Gasteiger partial charge on any atom is 0.344 e. The van der Waals surface area contributed by atoms with Crippen LogP contribution >= 0.6 is 0 Å². The summed E-state index contributed by atoms with van der Waals surface area (Å²) in [5, 5.41) is 25.4. The van der Waals surface area contributed by atoms with Crippen molar-refractivity contribution in [3.05, 3.63) is 51.3 Å². The van der Waals surface area contributed by atoms with Gasteiger partial charge in [-0.2, -0.15) is 0 Å². The minimum atomic E-state index is -0.762. The molecule has 2 rings (SSSR count). The van der Waals surface area contributed by atoms with E-state index in [0.717, 1.165) is 0 Å². The van der Waals surface area contributed by atoms with Crippen molar-refractivity contribution >= 4 is 17.4 Å². The van der Waals surface area contributed by atoms with Crippen molar-refractivity contribution < 1.29 is 24.4 Å². The summed E-state index contributed by atoms with van der Waals surface area (Å²) < 4.78 is 5.59. The second-order valence-electron chi connectivity index (χ2n) is 7.02. The lowest BCUT2D eigenvalue weighted by atomic mass is 9.81. The smallest absolute Gasteiger partial charge is 0.344 e. The standard InChI is InChI=1S/C20H26N2O6/c1-5-7-16(17-18(23)13(3)20(4,6-2)28-19(17)24)21-27-12-14-8-10-15(11-9-14)22(25)26/h8-11,13,23H,5-7,12H2,1-4H3. The Labute approximate surface area is 164 Å². The van der Waals surface area contributed by atoms with Gasteiger partial charge in [-0.1, -0.05) is 32.3 Å². The van der Waals surface area contributed by atoms with Gasteiger partial charge in [0.15, 0.2) is 0 Å². The number of nitro groups is 1. The Morgan fingerprint density at radius 2 is 2.00 bits per heavy atom. The molecule has 0 spiro atoms. The van der Waals surface area contributed by atoms with Crippen LogP contribution in [0.25, 0.3) is 0 Å². The molecule has 0 saturated carbocycles. The van der Waals surface area contributed by atoms with Gasteiger partial charge >= 0.3 is 5.97 Å². The molecule has 1 N–H and O–H groups in total. The molecule has 1 heterocycles. The summed E-state index contributed by atoms with van der Waals surface area (Å²) in [7, 11) is 0. The number of non-ortho nitro benzene ring substituents is 1. The molecule has 1 aromatic rings. The molecule has 28 heavy (non-hydrogen) atoms. The van der Waals surface area contributed by atoms with Crippen LogP contribution in [0.1, 0.15) is 52.5 Å². The summed E-state index contributed by atoms with van der Waals surface area (Å²) in [6, 6.07) is 5.92. The number of esters is 1. The Morgan fingerprint density at radius 1 is 1.36 bits per heavy atom. The fourth-order valence-electron chi connectivity index (χ4n) is 2.96. The lowest BCUT2D eigenvalue weighted by Gasteiger charge is -2.38. The number of nitrogens with zero attached hydrogens (tertiary/aromatic N) is 2. The molecule has 2 atom stereocenters. The molecule has 8 heteroatoms. The number of ether oxygens (including phenoxy) is 1. The van der Waals surface area contributed by atoms with E-state index in [1.165, 1.54) is 12.1 Å². The molecule has 1 aliphatic rings. The van der Waals surface area contributed by atoms with Gasteiger partial charge in [0.25, 0.3) is 5.69 Å². The van der Waals surface area contributed by atoms with Crippen LogP contribution in [0.5, 0.6) is 0 Å². The molecule has 1 aliphatic heterocycles. The fraction of sp³-hybridized carbons (Fsp3) is 0.500. The van der Waals surface area contributed by atoms with E-state index < -0.39 is 16.5 Å². The van der Waals surface area contributed by atoms with Crippen molar-refractivity contribution in [2.24, 2.45) is 11.1 Å². The first-order valence-electron chi connectivity index (χ1n) is 9.32. The van der Waals surface area contributed by atoms with Crippen molar-refractivity contribution in [1.82, 2.24) is 0 Å². The molecule has 0 bridgehead atoms. The maximum absolute atomic E-state index is 12.5. The lowest BCUT2D eigenvalue weighted by Crippen LogP contribution is -2.45. The number of rotatable bonds is 8. The van der Waals surface area contributed by atoms with Crippen LogP contribution in [0.3, 0.4) is 0 Å². The number of aliphatic hydroxyl groups excluding tert-OH is 1. The topological polar surface area (TPSA) is 111 Å². The van der Waals surface area contributed by atoms with E-state index in [1.54, 1.807) is 19.1 Å². The predicted molar refractivity (Wildman–Crippen MR) is 104 cm³/mol. The van der Waals surface area contributed by atoms with Gasteiger partial charge in [0, 0.05) is 12.1 Å². The Kier molecular flexibility index (Phi) is 6.77. The zero-order valence-corrected chi connectivity index (χ0v) is 16.6. The van der Waals surface area contributed by atoms with Gasteiger partial charge in [-0.05, 0) is 37.5 Å². The van der Waals surface area contributed by atoms with Gasteiger partial charge in [-0.15, -0.1) is 0 Å². The average Bonchev–Trinajstić information content (AvgIpc) is 2.66. The number of hydrogen-bond donors (Lipinski definition) is 1. The summed E-state index contributed by atoms with van der Waals surface area (Å²) in [6.45, 7) is 7.51. The number of aliphatic hydroxyl groups is 1. The maximum atomic E-state index is 12.5.